The van der Waals surface area contributed by atoms with Gasteiger partial charge in [-0.15, -0.1) is 0 Å². The van der Waals surface area contributed by atoms with Gasteiger partial charge in [0.1, 0.15) is 5.69 Å². The van der Waals surface area contributed by atoms with E-state index in [0.29, 0.717) is 18.8 Å². The summed E-state index contributed by atoms with van der Waals surface area (Å²) < 4.78 is 10.7. The SMILES string of the molecule is CCOCC(C)OCc1cccc([N+](=O)[O-])c1N. The van der Waals surface area contributed by atoms with Crippen molar-refractivity contribution in [2.75, 3.05) is 18.9 Å². The van der Waals surface area contributed by atoms with Crippen LogP contribution in [0.1, 0.15) is 19.4 Å². The van der Waals surface area contributed by atoms with Gasteiger partial charge in [0.05, 0.1) is 24.2 Å². The first kappa shape index (κ1) is 14.4. The second-order valence-electron chi connectivity index (χ2n) is 3.89. The highest BCUT2D eigenvalue weighted by atomic mass is 16.6. The van der Waals surface area contributed by atoms with Crippen molar-refractivity contribution in [3.05, 3.63) is 33.9 Å². The van der Waals surface area contributed by atoms with Gasteiger partial charge in [-0.25, -0.2) is 0 Å². The molecule has 1 unspecified atom stereocenters. The number of anilines is 1. The maximum Gasteiger partial charge on any atom is 0.292 e. The van der Waals surface area contributed by atoms with Gasteiger partial charge < -0.3 is 15.2 Å². The average molecular weight is 254 g/mol. The van der Waals surface area contributed by atoms with E-state index in [1.54, 1.807) is 12.1 Å². The van der Waals surface area contributed by atoms with Gasteiger partial charge in [-0.05, 0) is 13.8 Å². The molecule has 1 aromatic carbocycles. The number of nitrogens with zero attached hydrogens (tertiary/aromatic N) is 1. The summed E-state index contributed by atoms with van der Waals surface area (Å²) in [6.07, 6.45) is -0.0800. The minimum atomic E-state index is -0.498. The molecule has 0 aliphatic rings. The minimum absolute atomic E-state index is 0.0800. The third-order valence-electron chi connectivity index (χ3n) is 2.45. The molecule has 0 aromatic heterocycles. The fraction of sp³-hybridized carbons (Fsp3) is 0.500. The van der Waals surface area contributed by atoms with Crippen LogP contribution >= 0.6 is 0 Å². The van der Waals surface area contributed by atoms with Crippen LogP contribution in [0.25, 0.3) is 0 Å². The van der Waals surface area contributed by atoms with E-state index in [-0.39, 0.29) is 24.1 Å². The molecule has 0 fully saturated rings. The lowest BCUT2D eigenvalue weighted by molar-refractivity contribution is -0.384. The molecule has 0 amide bonds. The van der Waals surface area contributed by atoms with Crippen molar-refractivity contribution in [3.63, 3.8) is 0 Å². The van der Waals surface area contributed by atoms with E-state index in [0.717, 1.165) is 0 Å². The first-order chi connectivity index (χ1) is 8.56. The number of nitrogen functional groups attached to an aromatic ring is 1. The summed E-state index contributed by atoms with van der Waals surface area (Å²) in [5, 5.41) is 10.7. The van der Waals surface area contributed by atoms with Gasteiger partial charge in [0.25, 0.3) is 5.69 Å². The largest absolute Gasteiger partial charge is 0.393 e. The van der Waals surface area contributed by atoms with Crippen LogP contribution in [-0.2, 0) is 16.1 Å². The molecule has 0 saturated carbocycles. The topological polar surface area (TPSA) is 87.6 Å². The molecule has 18 heavy (non-hydrogen) atoms. The van der Waals surface area contributed by atoms with Crippen LogP contribution < -0.4 is 5.73 Å². The summed E-state index contributed by atoms with van der Waals surface area (Å²) in [5.74, 6) is 0. The van der Waals surface area contributed by atoms with E-state index < -0.39 is 4.92 Å². The van der Waals surface area contributed by atoms with Gasteiger partial charge in [-0.1, -0.05) is 12.1 Å². The van der Waals surface area contributed by atoms with Crippen LogP contribution in [0.3, 0.4) is 0 Å². The van der Waals surface area contributed by atoms with Crippen LogP contribution in [-0.4, -0.2) is 24.2 Å². The summed E-state index contributed by atoms with van der Waals surface area (Å²) in [6, 6.07) is 4.69. The number of hydrogen-bond acceptors (Lipinski definition) is 5. The molecule has 0 aliphatic heterocycles. The predicted octanol–water partition coefficient (Wildman–Crippen LogP) is 2.12. The molecule has 0 saturated heterocycles. The highest BCUT2D eigenvalue weighted by Gasteiger charge is 2.14. The van der Waals surface area contributed by atoms with E-state index in [9.17, 15) is 10.1 Å². The maximum atomic E-state index is 10.7. The van der Waals surface area contributed by atoms with Crippen molar-refractivity contribution < 1.29 is 14.4 Å². The molecule has 1 aromatic rings. The van der Waals surface area contributed by atoms with Crippen LogP contribution in [0.2, 0.25) is 0 Å². The number of para-hydroxylation sites is 1. The molecule has 0 spiro atoms. The van der Waals surface area contributed by atoms with Gasteiger partial charge >= 0.3 is 0 Å². The van der Waals surface area contributed by atoms with Crippen LogP contribution in [0.5, 0.6) is 0 Å². The smallest absolute Gasteiger partial charge is 0.292 e. The molecule has 0 aliphatic carbocycles. The summed E-state index contributed by atoms with van der Waals surface area (Å²) in [4.78, 5) is 10.2. The van der Waals surface area contributed by atoms with E-state index >= 15 is 0 Å². The maximum absolute atomic E-state index is 10.7. The number of nitrogens with two attached hydrogens (primary N) is 1. The molecule has 6 heteroatoms. The monoisotopic (exact) mass is 254 g/mol. The molecular formula is C12H18N2O4. The van der Waals surface area contributed by atoms with Gasteiger partial charge in [0.15, 0.2) is 0 Å². The highest BCUT2D eigenvalue weighted by Crippen LogP contribution is 2.25. The van der Waals surface area contributed by atoms with Gasteiger partial charge in [-0.2, -0.15) is 0 Å². The second-order valence-corrected chi connectivity index (χ2v) is 3.89. The lowest BCUT2D eigenvalue weighted by atomic mass is 10.1. The minimum Gasteiger partial charge on any atom is -0.393 e. The second kappa shape index (κ2) is 6.93. The fourth-order valence-corrected chi connectivity index (χ4v) is 1.45. The van der Waals surface area contributed by atoms with Crippen LogP contribution in [0.15, 0.2) is 18.2 Å². The number of rotatable bonds is 7. The van der Waals surface area contributed by atoms with Crippen LogP contribution in [0.4, 0.5) is 11.4 Å². The van der Waals surface area contributed by atoms with Crippen molar-refractivity contribution in [2.24, 2.45) is 0 Å². The third-order valence-corrected chi connectivity index (χ3v) is 2.45. The Labute approximate surface area is 106 Å². The highest BCUT2D eigenvalue weighted by molar-refractivity contribution is 5.62. The molecule has 0 radical (unpaired) electrons. The van der Waals surface area contributed by atoms with Gasteiger partial charge in [-0.3, -0.25) is 10.1 Å². The van der Waals surface area contributed by atoms with Crippen molar-refractivity contribution >= 4 is 11.4 Å². The van der Waals surface area contributed by atoms with E-state index in [1.165, 1.54) is 6.07 Å². The molecule has 1 rings (SSSR count). The normalized spacial score (nSPS) is 12.3. The Morgan fingerprint density at radius 3 is 2.83 bits per heavy atom. The summed E-state index contributed by atoms with van der Waals surface area (Å²) >= 11 is 0. The zero-order valence-corrected chi connectivity index (χ0v) is 10.6. The molecule has 2 N–H and O–H groups in total. The molecular weight excluding hydrogens is 236 g/mol. The number of nitro benzene ring substituents is 1. The predicted molar refractivity (Wildman–Crippen MR) is 68.3 cm³/mol. The van der Waals surface area contributed by atoms with E-state index in [4.69, 9.17) is 15.2 Å². The molecule has 100 valence electrons. The number of nitro groups is 1. The lowest BCUT2D eigenvalue weighted by Crippen LogP contribution is -2.16. The summed E-state index contributed by atoms with van der Waals surface area (Å²) in [5.41, 5.74) is 6.40. The molecule has 1 atom stereocenters. The van der Waals surface area contributed by atoms with E-state index in [2.05, 4.69) is 0 Å². The number of ether oxygens (including phenoxy) is 2. The summed E-state index contributed by atoms with van der Waals surface area (Å²) in [6.45, 7) is 5.15. The lowest BCUT2D eigenvalue weighted by Gasteiger charge is -2.13. The van der Waals surface area contributed by atoms with Gasteiger partial charge in [0, 0.05) is 18.2 Å². The number of benzene rings is 1. The van der Waals surface area contributed by atoms with Crippen molar-refractivity contribution in [3.8, 4) is 0 Å². The van der Waals surface area contributed by atoms with Crippen molar-refractivity contribution in [1.82, 2.24) is 0 Å². The average Bonchev–Trinajstić information content (AvgIpc) is 2.34. The van der Waals surface area contributed by atoms with Crippen molar-refractivity contribution in [1.29, 1.82) is 0 Å². The van der Waals surface area contributed by atoms with E-state index in [1.807, 2.05) is 13.8 Å². The third kappa shape index (κ3) is 3.97. The Morgan fingerprint density at radius 2 is 2.22 bits per heavy atom. The standard InChI is InChI=1S/C12H18N2O4/c1-3-17-7-9(2)18-8-10-5-4-6-11(12(10)13)14(15)16/h4-6,9H,3,7-8,13H2,1-2H3. The Morgan fingerprint density at radius 1 is 1.50 bits per heavy atom. The van der Waals surface area contributed by atoms with Crippen molar-refractivity contribution in [2.45, 2.75) is 26.6 Å². The molecule has 6 nitrogen and oxygen atoms in total. The molecule has 0 bridgehead atoms. The first-order valence-corrected chi connectivity index (χ1v) is 5.77. The van der Waals surface area contributed by atoms with Crippen LogP contribution in [0, 0.1) is 10.1 Å². The zero-order valence-electron chi connectivity index (χ0n) is 10.6. The number of hydrogen-bond donors (Lipinski definition) is 1. The van der Waals surface area contributed by atoms with Gasteiger partial charge in [0.2, 0.25) is 0 Å². The fourth-order valence-electron chi connectivity index (χ4n) is 1.45. The molecule has 0 heterocycles. The first-order valence-electron chi connectivity index (χ1n) is 5.77. The summed E-state index contributed by atoms with van der Waals surface area (Å²) in [7, 11) is 0. The zero-order chi connectivity index (χ0) is 13.5. The Hall–Kier alpha value is -1.66. The Kier molecular flexibility index (Phi) is 5.54. The quantitative estimate of drug-likeness (QED) is 0.457. The Balaban J connectivity index is 2.62. The Bertz CT molecular complexity index is 409.